The highest BCUT2D eigenvalue weighted by atomic mass is 15.4. The summed E-state index contributed by atoms with van der Waals surface area (Å²) in [7, 11) is 0. The normalized spacial score (nSPS) is 10.8. The maximum atomic E-state index is 5.77. The first kappa shape index (κ1) is 9.65. The van der Waals surface area contributed by atoms with Crippen LogP contribution in [0.2, 0.25) is 0 Å². The Morgan fingerprint density at radius 2 is 1.59 bits per heavy atom. The van der Waals surface area contributed by atoms with Gasteiger partial charge < -0.3 is 11.5 Å². The highest BCUT2D eigenvalue weighted by Crippen LogP contribution is 2.19. The molecule has 0 atom stereocenters. The molecule has 5 heteroatoms. The van der Waals surface area contributed by atoms with Crippen molar-refractivity contribution in [3.05, 3.63) is 42.5 Å². The van der Waals surface area contributed by atoms with Gasteiger partial charge in [-0.15, -0.1) is 5.10 Å². The summed E-state index contributed by atoms with van der Waals surface area (Å²) < 4.78 is 1.74. The maximum absolute atomic E-state index is 5.77. The highest BCUT2D eigenvalue weighted by molar-refractivity contribution is 5.79. The second-order valence-corrected chi connectivity index (χ2v) is 3.84. The number of anilines is 2. The van der Waals surface area contributed by atoms with Crippen LogP contribution in [-0.2, 0) is 0 Å². The van der Waals surface area contributed by atoms with Crippen molar-refractivity contribution in [1.29, 1.82) is 0 Å². The van der Waals surface area contributed by atoms with Gasteiger partial charge in [-0.1, -0.05) is 5.21 Å². The first-order chi connectivity index (χ1) is 8.24. The van der Waals surface area contributed by atoms with Gasteiger partial charge in [0.05, 0.1) is 11.2 Å². The van der Waals surface area contributed by atoms with Crippen LogP contribution in [0, 0.1) is 0 Å². The Balaban J connectivity index is 2.23. The van der Waals surface area contributed by atoms with E-state index < -0.39 is 0 Å². The monoisotopic (exact) mass is 225 g/mol. The lowest BCUT2D eigenvalue weighted by molar-refractivity contribution is 0.824. The summed E-state index contributed by atoms with van der Waals surface area (Å²) >= 11 is 0. The smallest absolute Gasteiger partial charge is 0.113 e. The lowest BCUT2D eigenvalue weighted by atomic mass is 10.2. The predicted octanol–water partition coefficient (Wildman–Crippen LogP) is 1.58. The Labute approximate surface area is 97.6 Å². The van der Waals surface area contributed by atoms with Gasteiger partial charge >= 0.3 is 0 Å². The minimum Gasteiger partial charge on any atom is -0.399 e. The van der Waals surface area contributed by atoms with Crippen molar-refractivity contribution in [3.8, 4) is 5.69 Å². The van der Waals surface area contributed by atoms with Crippen LogP contribution in [0.25, 0.3) is 16.7 Å². The second kappa shape index (κ2) is 3.48. The Morgan fingerprint density at radius 3 is 2.35 bits per heavy atom. The zero-order valence-corrected chi connectivity index (χ0v) is 9.04. The second-order valence-electron chi connectivity index (χ2n) is 3.84. The number of nitrogens with zero attached hydrogens (tertiary/aromatic N) is 3. The number of nitrogen functional groups attached to an aromatic ring is 2. The minimum absolute atomic E-state index is 0.691. The van der Waals surface area contributed by atoms with Crippen molar-refractivity contribution >= 4 is 22.4 Å². The molecule has 0 fully saturated rings. The summed E-state index contributed by atoms with van der Waals surface area (Å²) in [5, 5.41) is 8.19. The molecule has 0 saturated heterocycles. The third-order valence-corrected chi connectivity index (χ3v) is 2.61. The summed E-state index contributed by atoms with van der Waals surface area (Å²) in [4.78, 5) is 0. The molecule has 0 aliphatic carbocycles. The van der Waals surface area contributed by atoms with E-state index in [2.05, 4.69) is 10.3 Å². The molecule has 0 saturated carbocycles. The van der Waals surface area contributed by atoms with Gasteiger partial charge in [0.25, 0.3) is 0 Å². The van der Waals surface area contributed by atoms with Gasteiger partial charge in [-0.05, 0) is 42.5 Å². The third kappa shape index (κ3) is 1.57. The largest absolute Gasteiger partial charge is 0.399 e. The van der Waals surface area contributed by atoms with Crippen LogP contribution >= 0.6 is 0 Å². The number of nitrogens with two attached hydrogens (primary N) is 2. The molecule has 0 spiro atoms. The van der Waals surface area contributed by atoms with Gasteiger partial charge in [-0.3, -0.25) is 0 Å². The van der Waals surface area contributed by atoms with Crippen LogP contribution in [-0.4, -0.2) is 15.0 Å². The van der Waals surface area contributed by atoms with E-state index in [-0.39, 0.29) is 0 Å². The molecule has 2 aromatic carbocycles. The van der Waals surface area contributed by atoms with Crippen LogP contribution in [0.5, 0.6) is 0 Å². The van der Waals surface area contributed by atoms with Crippen LogP contribution in [0.15, 0.2) is 42.5 Å². The molecule has 4 N–H and O–H groups in total. The van der Waals surface area contributed by atoms with Gasteiger partial charge in [-0.25, -0.2) is 4.68 Å². The number of hydrogen-bond acceptors (Lipinski definition) is 4. The molecular weight excluding hydrogens is 214 g/mol. The molecule has 0 radical (unpaired) electrons. The van der Waals surface area contributed by atoms with E-state index in [4.69, 9.17) is 11.5 Å². The van der Waals surface area contributed by atoms with Gasteiger partial charge in [0.1, 0.15) is 5.52 Å². The van der Waals surface area contributed by atoms with E-state index in [1.807, 2.05) is 42.5 Å². The summed E-state index contributed by atoms with van der Waals surface area (Å²) in [5.74, 6) is 0. The molecule has 0 aliphatic heterocycles. The number of fused-ring (bicyclic) bond motifs is 1. The molecule has 0 amide bonds. The first-order valence-electron chi connectivity index (χ1n) is 5.21. The fourth-order valence-corrected chi connectivity index (χ4v) is 1.74. The Bertz CT molecular complexity index is 669. The third-order valence-electron chi connectivity index (χ3n) is 2.61. The molecule has 1 aromatic heterocycles. The van der Waals surface area contributed by atoms with Crippen LogP contribution < -0.4 is 11.5 Å². The molecular formula is C12H11N5. The molecule has 0 bridgehead atoms. The van der Waals surface area contributed by atoms with Crippen molar-refractivity contribution in [2.45, 2.75) is 0 Å². The van der Waals surface area contributed by atoms with Crippen LogP contribution in [0.1, 0.15) is 0 Å². The summed E-state index contributed by atoms with van der Waals surface area (Å²) in [5.41, 5.74) is 15.4. The number of rotatable bonds is 1. The lowest BCUT2D eigenvalue weighted by Crippen LogP contribution is -1.97. The van der Waals surface area contributed by atoms with E-state index in [0.29, 0.717) is 5.69 Å². The van der Waals surface area contributed by atoms with Crippen molar-refractivity contribution in [2.24, 2.45) is 0 Å². The van der Waals surface area contributed by atoms with E-state index in [1.165, 1.54) is 0 Å². The Morgan fingerprint density at radius 1 is 0.882 bits per heavy atom. The van der Waals surface area contributed by atoms with Crippen molar-refractivity contribution in [3.63, 3.8) is 0 Å². The zero-order chi connectivity index (χ0) is 11.8. The summed E-state index contributed by atoms with van der Waals surface area (Å²) in [6, 6.07) is 13.0. The first-order valence-corrected chi connectivity index (χ1v) is 5.21. The van der Waals surface area contributed by atoms with Gasteiger partial charge in [0.2, 0.25) is 0 Å². The lowest BCUT2D eigenvalue weighted by Gasteiger charge is -2.02. The van der Waals surface area contributed by atoms with Crippen LogP contribution in [0.4, 0.5) is 11.4 Å². The van der Waals surface area contributed by atoms with E-state index >= 15 is 0 Å². The average Bonchev–Trinajstić information content (AvgIpc) is 2.73. The maximum Gasteiger partial charge on any atom is 0.113 e. The van der Waals surface area contributed by atoms with E-state index in [1.54, 1.807) is 4.68 Å². The molecule has 0 aliphatic rings. The number of benzene rings is 2. The predicted molar refractivity (Wildman–Crippen MR) is 67.7 cm³/mol. The minimum atomic E-state index is 0.691. The fourth-order valence-electron chi connectivity index (χ4n) is 1.74. The van der Waals surface area contributed by atoms with E-state index in [9.17, 15) is 0 Å². The van der Waals surface area contributed by atoms with Crippen molar-refractivity contribution in [1.82, 2.24) is 15.0 Å². The van der Waals surface area contributed by atoms with Gasteiger partial charge in [-0.2, -0.15) is 0 Å². The summed E-state index contributed by atoms with van der Waals surface area (Å²) in [6.07, 6.45) is 0. The topological polar surface area (TPSA) is 82.8 Å². The number of hydrogen-bond donors (Lipinski definition) is 2. The molecule has 3 aromatic rings. The average molecular weight is 225 g/mol. The zero-order valence-electron chi connectivity index (χ0n) is 9.04. The quantitative estimate of drug-likeness (QED) is 0.616. The number of aromatic nitrogens is 3. The molecule has 1 heterocycles. The fraction of sp³-hybridized carbons (Fsp3) is 0. The van der Waals surface area contributed by atoms with Crippen molar-refractivity contribution in [2.75, 3.05) is 11.5 Å². The highest BCUT2D eigenvalue weighted by Gasteiger charge is 2.06. The van der Waals surface area contributed by atoms with E-state index in [0.717, 1.165) is 22.4 Å². The van der Waals surface area contributed by atoms with Gasteiger partial charge in [0.15, 0.2) is 0 Å². The molecule has 5 nitrogen and oxygen atoms in total. The summed E-state index contributed by atoms with van der Waals surface area (Å²) in [6.45, 7) is 0. The SMILES string of the molecule is Nc1ccc(-n2nnc3ccc(N)cc32)cc1. The molecule has 17 heavy (non-hydrogen) atoms. The Kier molecular flexibility index (Phi) is 1.98. The van der Waals surface area contributed by atoms with Gasteiger partial charge in [0, 0.05) is 11.4 Å². The van der Waals surface area contributed by atoms with Crippen molar-refractivity contribution < 1.29 is 0 Å². The standard InChI is InChI=1S/C12H11N5/c13-8-1-4-10(5-2-8)17-12-7-9(14)3-6-11(12)15-16-17/h1-7H,13-14H2. The van der Waals surface area contributed by atoms with Crippen LogP contribution in [0.3, 0.4) is 0 Å². The Hall–Kier alpha value is -2.56. The molecule has 3 rings (SSSR count). The molecule has 84 valence electrons. The molecule has 0 unspecified atom stereocenters.